The number of aliphatic imine (C=N–C) groups is 1. The first-order valence-corrected chi connectivity index (χ1v) is 9.52. The first kappa shape index (κ1) is 18.8. The van der Waals surface area contributed by atoms with Gasteiger partial charge >= 0.3 is 0 Å². The lowest BCUT2D eigenvalue weighted by molar-refractivity contribution is 0.477. The molecular weight excluding hydrogens is 322 g/mol. The van der Waals surface area contributed by atoms with Gasteiger partial charge in [-0.2, -0.15) is 0 Å². The Balaban J connectivity index is 2.72. The van der Waals surface area contributed by atoms with Crippen LogP contribution in [0.3, 0.4) is 0 Å². The lowest BCUT2D eigenvalue weighted by atomic mass is 10.2. The summed E-state index contributed by atoms with van der Waals surface area (Å²) in [4.78, 5) is 6.34. The highest BCUT2D eigenvalue weighted by Gasteiger charge is 2.09. The minimum atomic E-state index is -2.99. The number of rotatable bonds is 7. The molecule has 0 spiro atoms. The number of guanidine groups is 1. The van der Waals surface area contributed by atoms with Crippen molar-refractivity contribution in [1.29, 1.82) is 0 Å². The lowest BCUT2D eigenvalue weighted by Gasteiger charge is -2.22. The van der Waals surface area contributed by atoms with Gasteiger partial charge in [0.05, 0.1) is 12.3 Å². The molecule has 0 fully saturated rings. The second-order valence-corrected chi connectivity index (χ2v) is 7.87. The van der Waals surface area contributed by atoms with Crippen LogP contribution in [0, 0.1) is 0 Å². The summed E-state index contributed by atoms with van der Waals surface area (Å²) in [6, 6.07) is 7.64. The van der Waals surface area contributed by atoms with Crippen molar-refractivity contribution in [3.05, 3.63) is 34.9 Å². The Morgan fingerprint density at radius 2 is 2.09 bits per heavy atom. The van der Waals surface area contributed by atoms with Gasteiger partial charge in [0.25, 0.3) is 0 Å². The van der Waals surface area contributed by atoms with Gasteiger partial charge in [-0.3, -0.25) is 4.99 Å². The fraction of sp³-hybridized carbons (Fsp3) is 0.533. The van der Waals surface area contributed by atoms with E-state index in [-0.39, 0.29) is 18.1 Å². The van der Waals surface area contributed by atoms with Crippen LogP contribution in [0.2, 0.25) is 5.02 Å². The molecule has 0 heterocycles. The molecule has 0 unspecified atom stereocenters. The molecule has 7 heteroatoms. The zero-order valence-electron chi connectivity index (χ0n) is 13.3. The topological polar surface area (TPSA) is 61.8 Å². The van der Waals surface area contributed by atoms with Gasteiger partial charge in [-0.05, 0) is 24.6 Å². The van der Waals surface area contributed by atoms with E-state index in [1.807, 2.05) is 43.1 Å². The predicted octanol–water partition coefficient (Wildman–Crippen LogP) is 2.17. The molecule has 0 saturated heterocycles. The fourth-order valence-electron chi connectivity index (χ4n) is 1.89. The fourth-order valence-corrected chi connectivity index (χ4v) is 2.76. The van der Waals surface area contributed by atoms with Gasteiger partial charge in [-0.25, -0.2) is 8.42 Å². The van der Waals surface area contributed by atoms with Crippen LogP contribution in [0.5, 0.6) is 0 Å². The van der Waals surface area contributed by atoms with E-state index in [1.165, 1.54) is 0 Å². The summed E-state index contributed by atoms with van der Waals surface area (Å²) in [5, 5.41) is 3.87. The molecular formula is C15H24ClN3O2S. The number of nitrogens with one attached hydrogen (secondary N) is 1. The molecule has 0 aromatic heterocycles. The van der Waals surface area contributed by atoms with Crippen LogP contribution in [0.25, 0.3) is 0 Å². The highest BCUT2D eigenvalue weighted by molar-refractivity contribution is 7.91. The maximum atomic E-state index is 11.5. The zero-order valence-corrected chi connectivity index (χ0v) is 14.9. The maximum Gasteiger partial charge on any atom is 0.193 e. The van der Waals surface area contributed by atoms with Gasteiger partial charge < -0.3 is 10.2 Å². The predicted molar refractivity (Wildman–Crippen MR) is 93.2 cm³/mol. The SMILES string of the molecule is CCNC(=NCCS(=O)(=O)CC)N(C)Cc1cccc(Cl)c1. The Morgan fingerprint density at radius 1 is 1.36 bits per heavy atom. The summed E-state index contributed by atoms with van der Waals surface area (Å²) in [7, 11) is -1.08. The van der Waals surface area contributed by atoms with Crippen molar-refractivity contribution < 1.29 is 8.42 Å². The highest BCUT2D eigenvalue weighted by atomic mass is 35.5. The quantitative estimate of drug-likeness (QED) is 0.607. The largest absolute Gasteiger partial charge is 0.357 e. The van der Waals surface area contributed by atoms with Crippen LogP contribution in [-0.2, 0) is 16.4 Å². The van der Waals surface area contributed by atoms with Crippen molar-refractivity contribution in [3.8, 4) is 0 Å². The van der Waals surface area contributed by atoms with Crippen molar-refractivity contribution in [2.45, 2.75) is 20.4 Å². The monoisotopic (exact) mass is 345 g/mol. The van der Waals surface area contributed by atoms with Gasteiger partial charge in [0.1, 0.15) is 0 Å². The van der Waals surface area contributed by atoms with Crippen LogP contribution < -0.4 is 5.32 Å². The van der Waals surface area contributed by atoms with Gasteiger partial charge in [0, 0.05) is 30.9 Å². The average molecular weight is 346 g/mol. The molecule has 0 aliphatic heterocycles. The normalized spacial score (nSPS) is 12.3. The molecule has 124 valence electrons. The molecule has 1 aromatic rings. The molecule has 5 nitrogen and oxygen atoms in total. The molecule has 0 aliphatic carbocycles. The molecule has 1 rings (SSSR count). The summed E-state index contributed by atoms with van der Waals surface area (Å²) in [5.74, 6) is 0.912. The van der Waals surface area contributed by atoms with Crippen LogP contribution in [0.1, 0.15) is 19.4 Å². The first-order valence-electron chi connectivity index (χ1n) is 7.32. The van der Waals surface area contributed by atoms with Crippen molar-refractivity contribution in [1.82, 2.24) is 10.2 Å². The minimum Gasteiger partial charge on any atom is -0.357 e. The van der Waals surface area contributed by atoms with Crippen LogP contribution in [-0.4, -0.2) is 50.9 Å². The van der Waals surface area contributed by atoms with Crippen molar-refractivity contribution in [2.24, 2.45) is 4.99 Å². The number of sulfone groups is 1. The summed E-state index contributed by atoms with van der Waals surface area (Å²) < 4.78 is 23.0. The zero-order chi connectivity index (χ0) is 16.6. The van der Waals surface area contributed by atoms with Crippen molar-refractivity contribution in [3.63, 3.8) is 0 Å². The molecule has 1 aromatic carbocycles. The summed E-state index contributed by atoms with van der Waals surface area (Å²) >= 11 is 5.99. The molecule has 1 N–H and O–H groups in total. The third-order valence-corrected chi connectivity index (χ3v) is 5.03. The minimum absolute atomic E-state index is 0.0728. The Hall–Kier alpha value is -1.27. The van der Waals surface area contributed by atoms with E-state index in [0.29, 0.717) is 17.5 Å². The third-order valence-electron chi connectivity index (χ3n) is 3.11. The number of halogens is 1. The van der Waals surface area contributed by atoms with Crippen LogP contribution in [0.15, 0.2) is 29.3 Å². The maximum absolute atomic E-state index is 11.5. The third kappa shape index (κ3) is 6.66. The first-order chi connectivity index (χ1) is 10.4. The van der Waals surface area contributed by atoms with Crippen molar-refractivity contribution in [2.75, 3.05) is 31.6 Å². The van der Waals surface area contributed by atoms with E-state index in [4.69, 9.17) is 11.6 Å². The van der Waals surface area contributed by atoms with Gasteiger partial charge in [-0.1, -0.05) is 30.7 Å². The number of hydrogen-bond donors (Lipinski definition) is 1. The Bertz CT molecular complexity index is 603. The van der Waals surface area contributed by atoms with Crippen LogP contribution in [0.4, 0.5) is 0 Å². The van der Waals surface area contributed by atoms with Gasteiger partial charge in [0.15, 0.2) is 15.8 Å². The smallest absolute Gasteiger partial charge is 0.193 e. The Kier molecular flexibility index (Phi) is 7.68. The number of hydrogen-bond acceptors (Lipinski definition) is 3. The molecule has 22 heavy (non-hydrogen) atoms. The molecule has 0 radical (unpaired) electrons. The Morgan fingerprint density at radius 3 is 2.68 bits per heavy atom. The summed E-state index contributed by atoms with van der Waals surface area (Å²) in [5.41, 5.74) is 1.07. The number of benzene rings is 1. The molecule has 0 aliphatic rings. The van der Waals surface area contributed by atoms with Crippen molar-refractivity contribution >= 4 is 27.4 Å². The molecule has 0 amide bonds. The van der Waals surface area contributed by atoms with E-state index >= 15 is 0 Å². The van der Waals surface area contributed by atoms with Crippen LogP contribution >= 0.6 is 11.6 Å². The van der Waals surface area contributed by atoms with Gasteiger partial charge in [0.2, 0.25) is 0 Å². The standard InChI is InChI=1S/C15H24ClN3O2S/c1-4-17-15(18-9-10-22(20,21)5-2)19(3)12-13-7-6-8-14(16)11-13/h6-8,11H,4-5,9-10,12H2,1-3H3,(H,17,18). The van der Waals surface area contributed by atoms with E-state index < -0.39 is 9.84 Å². The Labute approximate surface area is 138 Å². The molecule has 0 bridgehead atoms. The van der Waals surface area contributed by atoms with Gasteiger partial charge in [-0.15, -0.1) is 0 Å². The second kappa shape index (κ2) is 9.00. The van der Waals surface area contributed by atoms with E-state index in [1.54, 1.807) is 6.92 Å². The summed E-state index contributed by atoms with van der Waals surface area (Å²) in [6.07, 6.45) is 0. The number of nitrogens with zero attached hydrogens (tertiary/aromatic N) is 2. The molecule has 0 atom stereocenters. The van der Waals surface area contributed by atoms with E-state index in [0.717, 1.165) is 12.1 Å². The highest BCUT2D eigenvalue weighted by Crippen LogP contribution is 2.12. The second-order valence-electron chi connectivity index (χ2n) is 4.96. The summed E-state index contributed by atoms with van der Waals surface area (Å²) in [6.45, 7) is 5.26. The average Bonchev–Trinajstić information content (AvgIpc) is 2.46. The van der Waals surface area contributed by atoms with E-state index in [2.05, 4.69) is 10.3 Å². The lowest BCUT2D eigenvalue weighted by Crippen LogP contribution is -2.38. The molecule has 0 saturated carbocycles. The van der Waals surface area contributed by atoms with E-state index in [9.17, 15) is 8.42 Å².